The smallest absolute Gasteiger partial charge is 0.295 e. The number of carbonyl (C=O) groups excluding carboxylic acids is 1. The Bertz CT molecular complexity index is 1220. The van der Waals surface area contributed by atoms with Crippen molar-refractivity contribution in [2.75, 3.05) is 5.32 Å². The third kappa shape index (κ3) is 3.00. The number of amides is 1. The third-order valence-corrected chi connectivity index (χ3v) is 5.11. The lowest BCUT2D eigenvalue weighted by Gasteiger charge is -2.07. The van der Waals surface area contributed by atoms with Crippen LogP contribution in [0.4, 0.5) is 5.69 Å². The number of carbonyl (C=O) groups is 1. The maximum atomic E-state index is 12.9. The molecule has 1 amide bonds. The van der Waals surface area contributed by atoms with Crippen molar-refractivity contribution >= 4 is 38.4 Å². The Morgan fingerprint density at radius 3 is 2.59 bits per heavy atom. The molecule has 0 bridgehead atoms. The molecular weight excluding hydrogens is 408 g/mol. The van der Waals surface area contributed by atoms with E-state index < -0.39 is 0 Å². The van der Waals surface area contributed by atoms with E-state index in [0.29, 0.717) is 11.4 Å². The first-order chi connectivity index (χ1) is 13.0. The molecule has 0 aliphatic heterocycles. The molecule has 2 aromatic heterocycles. The first-order valence-corrected chi connectivity index (χ1v) is 9.18. The van der Waals surface area contributed by atoms with Crippen LogP contribution in [0.15, 0.2) is 63.9 Å². The lowest BCUT2D eigenvalue weighted by atomic mass is 10.2. The maximum absolute atomic E-state index is 12.9. The number of anilines is 1. The van der Waals surface area contributed by atoms with Crippen molar-refractivity contribution in [3.63, 3.8) is 0 Å². The van der Waals surface area contributed by atoms with Crippen LogP contribution in [0.5, 0.6) is 0 Å². The van der Waals surface area contributed by atoms with E-state index >= 15 is 0 Å². The maximum Gasteiger partial charge on any atom is 0.295 e. The van der Waals surface area contributed by atoms with Crippen molar-refractivity contribution in [3.8, 4) is 5.69 Å². The number of para-hydroxylation sites is 1. The Balaban J connectivity index is 1.72. The molecule has 2 aromatic carbocycles. The van der Waals surface area contributed by atoms with Crippen LogP contribution >= 0.6 is 15.9 Å². The molecule has 4 rings (SSSR count). The van der Waals surface area contributed by atoms with Crippen molar-refractivity contribution in [1.29, 1.82) is 0 Å². The van der Waals surface area contributed by atoms with Crippen LogP contribution in [0.1, 0.15) is 16.2 Å². The highest BCUT2D eigenvalue weighted by Crippen LogP contribution is 2.21. The lowest BCUT2D eigenvalue weighted by molar-refractivity contribution is 0.102. The second kappa shape index (κ2) is 6.59. The van der Waals surface area contributed by atoms with Crippen LogP contribution in [-0.4, -0.2) is 20.3 Å². The lowest BCUT2D eigenvalue weighted by Crippen LogP contribution is -2.23. The average Bonchev–Trinajstić information content (AvgIpc) is 3.17. The minimum Gasteiger partial charge on any atom is -0.351 e. The molecule has 0 atom stereocenters. The number of aromatic nitrogens is 3. The molecular formula is C20H17BrN4O2. The van der Waals surface area contributed by atoms with Crippen LogP contribution in [0.25, 0.3) is 16.6 Å². The highest BCUT2D eigenvalue weighted by molar-refractivity contribution is 9.10. The Labute approximate surface area is 163 Å². The normalized spacial score (nSPS) is 11.1. The molecule has 4 aromatic rings. The Kier molecular flexibility index (Phi) is 4.24. The molecule has 0 aliphatic rings. The summed E-state index contributed by atoms with van der Waals surface area (Å²) in [5, 5.41) is 3.68. The van der Waals surface area contributed by atoms with Gasteiger partial charge in [0.15, 0.2) is 0 Å². The van der Waals surface area contributed by atoms with Gasteiger partial charge >= 0.3 is 0 Å². The molecule has 0 aliphatic carbocycles. The molecule has 2 heterocycles. The van der Waals surface area contributed by atoms with Gasteiger partial charge in [-0.2, -0.15) is 0 Å². The first kappa shape index (κ1) is 17.4. The summed E-state index contributed by atoms with van der Waals surface area (Å²) in [5.41, 5.74) is 2.67. The van der Waals surface area contributed by atoms with Gasteiger partial charge in [-0.15, -0.1) is 0 Å². The molecule has 7 heteroatoms. The van der Waals surface area contributed by atoms with Crippen LogP contribution in [-0.2, 0) is 7.05 Å². The number of halogens is 1. The molecule has 2 N–H and O–H groups in total. The predicted molar refractivity (Wildman–Crippen MR) is 110 cm³/mol. The first-order valence-electron chi connectivity index (χ1n) is 8.39. The number of fused-ring (bicyclic) bond motifs is 1. The minimum absolute atomic E-state index is 0.270. The zero-order chi connectivity index (χ0) is 19.1. The predicted octanol–water partition coefficient (Wildman–Crippen LogP) is 3.98. The number of H-pyrrole nitrogens is 1. The quantitative estimate of drug-likeness (QED) is 0.521. The third-order valence-electron chi connectivity index (χ3n) is 4.62. The number of hydrogen-bond donors (Lipinski definition) is 2. The van der Waals surface area contributed by atoms with Crippen molar-refractivity contribution in [1.82, 2.24) is 14.3 Å². The highest BCUT2D eigenvalue weighted by atomic mass is 79.9. The van der Waals surface area contributed by atoms with Crippen LogP contribution in [0.3, 0.4) is 0 Å². The molecule has 0 unspecified atom stereocenters. The minimum atomic E-state index is -0.353. The van der Waals surface area contributed by atoms with E-state index in [9.17, 15) is 9.59 Å². The average molecular weight is 425 g/mol. The zero-order valence-corrected chi connectivity index (χ0v) is 16.4. The number of nitrogens with zero attached hydrogens (tertiary/aromatic N) is 2. The molecule has 6 nitrogen and oxygen atoms in total. The fourth-order valence-electron chi connectivity index (χ4n) is 3.12. The van der Waals surface area contributed by atoms with Gasteiger partial charge in [0, 0.05) is 22.4 Å². The van der Waals surface area contributed by atoms with Crippen molar-refractivity contribution < 1.29 is 4.79 Å². The fraction of sp³-hybridized carbons (Fsp3) is 0.100. The largest absolute Gasteiger partial charge is 0.351 e. The molecule has 27 heavy (non-hydrogen) atoms. The van der Waals surface area contributed by atoms with Gasteiger partial charge in [-0.25, -0.2) is 4.68 Å². The van der Waals surface area contributed by atoms with Crippen LogP contribution in [0.2, 0.25) is 0 Å². The van der Waals surface area contributed by atoms with E-state index in [1.54, 1.807) is 24.7 Å². The van der Waals surface area contributed by atoms with Gasteiger partial charge in [-0.1, -0.05) is 34.1 Å². The van der Waals surface area contributed by atoms with Crippen molar-refractivity contribution in [2.24, 2.45) is 7.05 Å². The summed E-state index contributed by atoms with van der Waals surface area (Å²) in [7, 11) is 1.79. The topological polar surface area (TPSA) is 71.8 Å². The van der Waals surface area contributed by atoms with Crippen LogP contribution in [0, 0.1) is 6.92 Å². The standard InChI is InChI=1S/C20H17BrN4O2/c1-12-18(20(27)25(24(12)2)15-6-4-3-5-7-15)23-19(26)17-11-13-10-14(21)8-9-16(13)22-17/h3-11,22H,1-2H3,(H,23,26). The molecule has 0 spiro atoms. The number of rotatable bonds is 3. The SMILES string of the molecule is Cc1c(NC(=O)c2cc3cc(Br)ccc3[nH]2)c(=O)n(-c2ccccc2)n1C. The summed E-state index contributed by atoms with van der Waals surface area (Å²) in [6, 6.07) is 16.8. The number of benzene rings is 2. The zero-order valence-electron chi connectivity index (χ0n) is 14.8. The molecule has 0 saturated heterocycles. The van der Waals surface area contributed by atoms with Gasteiger partial charge in [-0.05, 0) is 43.3 Å². The molecule has 0 fully saturated rings. The summed E-state index contributed by atoms with van der Waals surface area (Å²) in [6.45, 7) is 1.80. The number of aromatic amines is 1. The monoisotopic (exact) mass is 424 g/mol. The van der Waals surface area contributed by atoms with E-state index in [4.69, 9.17) is 0 Å². The Hall–Kier alpha value is -3.06. The van der Waals surface area contributed by atoms with E-state index in [1.165, 1.54) is 4.68 Å². The molecule has 136 valence electrons. The van der Waals surface area contributed by atoms with Gasteiger partial charge in [0.05, 0.1) is 11.4 Å². The second-order valence-corrected chi connectivity index (χ2v) is 7.22. The number of nitrogens with one attached hydrogen (secondary N) is 2. The summed E-state index contributed by atoms with van der Waals surface area (Å²) < 4.78 is 4.20. The van der Waals surface area contributed by atoms with E-state index in [1.807, 2.05) is 48.5 Å². The van der Waals surface area contributed by atoms with Gasteiger partial charge in [0.2, 0.25) is 0 Å². The van der Waals surface area contributed by atoms with Crippen molar-refractivity contribution in [2.45, 2.75) is 6.92 Å². The van der Waals surface area contributed by atoms with E-state index in [0.717, 1.165) is 21.1 Å². The summed E-state index contributed by atoms with van der Waals surface area (Å²) in [6.07, 6.45) is 0. The summed E-state index contributed by atoms with van der Waals surface area (Å²) in [5.74, 6) is -0.353. The Morgan fingerprint density at radius 2 is 1.85 bits per heavy atom. The van der Waals surface area contributed by atoms with Gasteiger partial charge in [0.25, 0.3) is 11.5 Å². The van der Waals surface area contributed by atoms with Gasteiger partial charge in [0.1, 0.15) is 11.4 Å². The van der Waals surface area contributed by atoms with Gasteiger partial charge in [-0.3, -0.25) is 14.3 Å². The summed E-state index contributed by atoms with van der Waals surface area (Å²) in [4.78, 5) is 28.7. The highest BCUT2D eigenvalue weighted by Gasteiger charge is 2.19. The van der Waals surface area contributed by atoms with Gasteiger partial charge < -0.3 is 10.3 Å². The second-order valence-electron chi connectivity index (χ2n) is 6.31. The van der Waals surface area contributed by atoms with E-state index in [2.05, 4.69) is 26.2 Å². The molecule has 0 radical (unpaired) electrons. The summed E-state index contributed by atoms with van der Waals surface area (Å²) >= 11 is 3.42. The fourth-order valence-corrected chi connectivity index (χ4v) is 3.50. The van der Waals surface area contributed by atoms with Crippen molar-refractivity contribution in [3.05, 3.63) is 80.8 Å². The number of hydrogen-bond acceptors (Lipinski definition) is 2. The van der Waals surface area contributed by atoms with E-state index in [-0.39, 0.29) is 17.2 Å². The molecule has 0 saturated carbocycles. The Morgan fingerprint density at radius 1 is 1.11 bits per heavy atom. The van der Waals surface area contributed by atoms with Crippen LogP contribution < -0.4 is 10.9 Å².